The van der Waals surface area contributed by atoms with Crippen LogP contribution in [0.4, 0.5) is 0 Å². The number of carbonyl (C=O) groups excluding carboxylic acids is 1. The standard InChI is InChI=1S/C16H13ClO/c1-12(11-13-7-9-15(17)10-8-13)16(18)14-5-3-2-4-6-14/h2-11H,1H3/b12-11+. The van der Waals surface area contributed by atoms with Crippen LogP contribution in [0.25, 0.3) is 6.08 Å². The van der Waals surface area contributed by atoms with Crippen molar-refractivity contribution in [2.24, 2.45) is 0 Å². The van der Waals surface area contributed by atoms with E-state index >= 15 is 0 Å². The molecule has 1 nitrogen and oxygen atoms in total. The quantitative estimate of drug-likeness (QED) is 0.578. The van der Waals surface area contributed by atoms with E-state index in [4.69, 9.17) is 11.6 Å². The highest BCUT2D eigenvalue weighted by Crippen LogP contribution is 2.15. The molecule has 0 unspecified atom stereocenters. The zero-order valence-electron chi connectivity index (χ0n) is 10.1. The molecule has 0 bridgehead atoms. The van der Waals surface area contributed by atoms with Crippen molar-refractivity contribution in [3.8, 4) is 0 Å². The molecule has 0 saturated carbocycles. The molecule has 0 N–H and O–H groups in total. The fourth-order valence-electron chi connectivity index (χ4n) is 1.69. The monoisotopic (exact) mass is 256 g/mol. The van der Waals surface area contributed by atoms with E-state index in [0.29, 0.717) is 16.2 Å². The summed E-state index contributed by atoms with van der Waals surface area (Å²) in [7, 11) is 0. The minimum absolute atomic E-state index is 0.0468. The Labute approximate surface area is 112 Å². The number of Topliss-reactive ketones (excluding diaryl/α,β-unsaturated/α-hetero) is 1. The van der Waals surface area contributed by atoms with Gasteiger partial charge in [0.25, 0.3) is 0 Å². The van der Waals surface area contributed by atoms with E-state index in [1.54, 1.807) is 0 Å². The first kappa shape index (κ1) is 12.6. The summed E-state index contributed by atoms with van der Waals surface area (Å²) in [5.41, 5.74) is 2.39. The van der Waals surface area contributed by atoms with E-state index in [0.717, 1.165) is 5.56 Å². The van der Waals surface area contributed by atoms with Gasteiger partial charge in [0.15, 0.2) is 5.78 Å². The highest BCUT2D eigenvalue weighted by atomic mass is 35.5. The lowest BCUT2D eigenvalue weighted by atomic mass is 10.0. The normalized spacial score (nSPS) is 11.3. The SMILES string of the molecule is C/C(=C\c1ccc(Cl)cc1)C(=O)c1ccccc1. The molecule has 0 heterocycles. The van der Waals surface area contributed by atoms with Crippen LogP contribution in [0.5, 0.6) is 0 Å². The highest BCUT2D eigenvalue weighted by molar-refractivity contribution is 6.30. The molecule has 2 rings (SSSR count). The third kappa shape index (κ3) is 3.08. The lowest BCUT2D eigenvalue weighted by Gasteiger charge is -2.01. The van der Waals surface area contributed by atoms with Crippen molar-refractivity contribution >= 4 is 23.5 Å². The largest absolute Gasteiger partial charge is 0.289 e. The molecule has 0 aliphatic carbocycles. The zero-order valence-corrected chi connectivity index (χ0v) is 10.8. The summed E-state index contributed by atoms with van der Waals surface area (Å²) in [6, 6.07) is 16.7. The zero-order chi connectivity index (χ0) is 13.0. The Morgan fingerprint density at radius 1 is 1.00 bits per heavy atom. The third-order valence-corrected chi connectivity index (χ3v) is 2.90. The number of hydrogen-bond donors (Lipinski definition) is 0. The van der Waals surface area contributed by atoms with Gasteiger partial charge in [-0.3, -0.25) is 4.79 Å². The summed E-state index contributed by atoms with van der Waals surface area (Å²) in [5.74, 6) is 0.0468. The fourth-order valence-corrected chi connectivity index (χ4v) is 1.82. The second-order valence-electron chi connectivity index (χ2n) is 4.07. The maximum absolute atomic E-state index is 12.1. The van der Waals surface area contributed by atoms with Crippen molar-refractivity contribution < 1.29 is 4.79 Å². The van der Waals surface area contributed by atoms with Crippen LogP contribution < -0.4 is 0 Å². The predicted octanol–water partition coefficient (Wildman–Crippen LogP) is 4.63. The Morgan fingerprint density at radius 3 is 2.22 bits per heavy atom. The van der Waals surface area contributed by atoms with Crippen LogP contribution in [0.15, 0.2) is 60.2 Å². The molecule has 18 heavy (non-hydrogen) atoms. The van der Waals surface area contributed by atoms with E-state index < -0.39 is 0 Å². The van der Waals surface area contributed by atoms with Gasteiger partial charge in [0.05, 0.1) is 0 Å². The Kier molecular flexibility index (Phi) is 3.96. The van der Waals surface area contributed by atoms with Gasteiger partial charge < -0.3 is 0 Å². The molecule has 0 aromatic heterocycles. The van der Waals surface area contributed by atoms with Gasteiger partial charge in [-0.05, 0) is 36.3 Å². The number of benzene rings is 2. The van der Waals surface area contributed by atoms with E-state index in [9.17, 15) is 4.79 Å². The molecule has 90 valence electrons. The topological polar surface area (TPSA) is 17.1 Å². The first-order chi connectivity index (χ1) is 8.66. The van der Waals surface area contributed by atoms with Crippen molar-refractivity contribution in [3.05, 3.63) is 76.3 Å². The lowest BCUT2D eigenvalue weighted by molar-refractivity contribution is 0.103. The van der Waals surface area contributed by atoms with Crippen LogP contribution in [0.1, 0.15) is 22.8 Å². The van der Waals surface area contributed by atoms with Gasteiger partial charge in [0.1, 0.15) is 0 Å². The molecule has 2 aromatic carbocycles. The van der Waals surface area contributed by atoms with Crippen molar-refractivity contribution in [2.75, 3.05) is 0 Å². The summed E-state index contributed by atoms with van der Waals surface area (Å²) in [4.78, 5) is 12.1. The van der Waals surface area contributed by atoms with Crippen LogP contribution in [0.2, 0.25) is 5.02 Å². The second-order valence-corrected chi connectivity index (χ2v) is 4.51. The molecule has 2 aromatic rings. The number of ketones is 1. The summed E-state index contributed by atoms with van der Waals surface area (Å²) in [5, 5.41) is 0.694. The van der Waals surface area contributed by atoms with E-state index in [-0.39, 0.29) is 5.78 Å². The van der Waals surface area contributed by atoms with E-state index in [1.165, 1.54) is 0 Å². The van der Waals surface area contributed by atoms with Gasteiger partial charge in [-0.25, -0.2) is 0 Å². The van der Waals surface area contributed by atoms with Gasteiger partial charge in [-0.2, -0.15) is 0 Å². The van der Waals surface area contributed by atoms with Gasteiger partial charge in [-0.1, -0.05) is 54.1 Å². The van der Waals surface area contributed by atoms with Gasteiger partial charge in [0, 0.05) is 10.6 Å². The molecule has 0 spiro atoms. The molecule has 0 amide bonds. The van der Waals surface area contributed by atoms with Crippen molar-refractivity contribution in [1.82, 2.24) is 0 Å². The third-order valence-electron chi connectivity index (χ3n) is 2.65. The molecule has 0 aliphatic heterocycles. The van der Waals surface area contributed by atoms with Gasteiger partial charge >= 0.3 is 0 Å². The minimum Gasteiger partial charge on any atom is -0.289 e. The number of carbonyl (C=O) groups is 1. The maximum atomic E-state index is 12.1. The first-order valence-electron chi connectivity index (χ1n) is 5.70. The summed E-state index contributed by atoms with van der Waals surface area (Å²) >= 11 is 5.82. The van der Waals surface area contributed by atoms with Gasteiger partial charge in [0.2, 0.25) is 0 Å². The van der Waals surface area contributed by atoms with E-state index in [1.807, 2.05) is 67.6 Å². The first-order valence-corrected chi connectivity index (χ1v) is 6.08. The van der Waals surface area contributed by atoms with Gasteiger partial charge in [-0.15, -0.1) is 0 Å². The van der Waals surface area contributed by atoms with Crippen LogP contribution in [0.3, 0.4) is 0 Å². The fraction of sp³-hybridized carbons (Fsp3) is 0.0625. The smallest absolute Gasteiger partial charge is 0.188 e. The average molecular weight is 257 g/mol. The summed E-state index contributed by atoms with van der Waals surface area (Å²) < 4.78 is 0. The lowest BCUT2D eigenvalue weighted by Crippen LogP contribution is -1.99. The average Bonchev–Trinajstić information content (AvgIpc) is 2.41. The maximum Gasteiger partial charge on any atom is 0.188 e. The summed E-state index contributed by atoms with van der Waals surface area (Å²) in [6.07, 6.45) is 1.87. The van der Waals surface area contributed by atoms with Crippen molar-refractivity contribution in [3.63, 3.8) is 0 Å². The minimum atomic E-state index is 0.0468. The molecular formula is C16H13ClO. The Hall–Kier alpha value is -1.86. The molecular weight excluding hydrogens is 244 g/mol. The van der Waals surface area contributed by atoms with Crippen LogP contribution >= 0.6 is 11.6 Å². The van der Waals surface area contributed by atoms with Crippen LogP contribution in [-0.4, -0.2) is 5.78 Å². The number of rotatable bonds is 3. The Balaban J connectivity index is 2.23. The molecule has 0 saturated heterocycles. The van der Waals surface area contributed by atoms with E-state index in [2.05, 4.69) is 0 Å². The number of allylic oxidation sites excluding steroid dienone is 1. The molecule has 2 heteroatoms. The van der Waals surface area contributed by atoms with Crippen molar-refractivity contribution in [2.45, 2.75) is 6.92 Å². The summed E-state index contributed by atoms with van der Waals surface area (Å²) in [6.45, 7) is 1.82. The van der Waals surface area contributed by atoms with Crippen LogP contribution in [-0.2, 0) is 0 Å². The highest BCUT2D eigenvalue weighted by Gasteiger charge is 2.06. The van der Waals surface area contributed by atoms with Crippen molar-refractivity contribution in [1.29, 1.82) is 0 Å². The molecule has 0 radical (unpaired) electrons. The molecule has 0 atom stereocenters. The Bertz CT molecular complexity index is 568. The number of hydrogen-bond acceptors (Lipinski definition) is 1. The Morgan fingerprint density at radius 2 is 1.61 bits per heavy atom. The molecule has 0 fully saturated rings. The number of halogens is 1. The van der Waals surface area contributed by atoms with Crippen LogP contribution in [0, 0.1) is 0 Å². The molecule has 0 aliphatic rings. The second kappa shape index (κ2) is 5.65. The predicted molar refractivity (Wildman–Crippen MR) is 75.9 cm³/mol.